The van der Waals surface area contributed by atoms with Crippen LogP contribution in [0.25, 0.3) is 0 Å². The molecule has 100 valence electrons. The molecule has 0 N–H and O–H groups in total. The van der Waals surface area contributed by atoms with Crippen LogP contribution in [0.4, 0.5) is 0 Å². The van der Waals surface area contributed by atoms with Crippen molar-refractivity contribution in [1.82, 2.24) is 0 Å². The molecule has 0 radical (unpaired) electrons. The first-order valence-corrected chi connectivity index (χ1v) is 6.41. The molecule has 0 aliphatic heterocycles. The van der Waals surface area contributed by atoms with Gasteiger partial charge in [0.15, 0.2) is 4.88 Å². The monoisotopic (exact) mass is 277 g/mol. The molecule has 19 heavy (non-hydrogen) atoms. The number of hydrogen-bond acceptors (Lipinski definition) is 5. The Bertz CT molecular complexity index is 570. The van der Waals surface area contributed by atoms with Crippen molar-refractivity contribution in [1.29, 1.82) is 5.26 Å². The average Bonchev–Trinajstić information content (AvgIpc) is 2.79. The van der Waals surface area contributed by atoms with Gasteiger partial charge < -0.3 is 9.47 Å². The zero-order chi connectivity index (χ0) is 14.5. The lowest BCUT2D eigenvalue weighted by atomic mass is 9.91. The Labute approximate surface area is 117 Å². The minimum Gasteiger partial charge on any atom is -0.495 e. The van der Waals surface area contributed by atoms with Crippen molar-refractivity contribution >= 4 is 17.3 Å². The Morgan fingerprint density at radius 2 is 2.16 bits per heavy atom. The molecule has 0 aliphatic rings. The van der Waals surface area contributed by atoms with Gasteiger partial charge in [0.05, 0.1) is 31.6 Å². The lowest BCUT2D eigenvalue weighted by molar-refractivity contribution is 0.0603. The number of ether oxygens (including phenoxy) is 2. The standard InChI is InChI=1S/C14H15NO3S/c1-14(2,7-8-15)6-5-10-9-11(17-3)12(19-10)13(16)18-4/h9H,7H2,1-4H3. The Morgan fingerprint density at radius 3 is 2.68 bits per heavy atom. The third kappa shape index (κ3) is 4.01. The number of thiophene rings is 1. The molecule has 0 aromatic carbocycles. The van der Waals surface area contributed by atoms with E-state index in [0.717, 1.165) is 0 Å². The fourth-order valence-electron chi connectivity index (χ4n) is 1.30. The van der Waals surface area contributed by atoms with Crippen LogP contribution < -0.4 is 4.74 Å². The molecule has 0 saturated heterocycles. The van der Waals surface area contributed by atoms with Gasteiger partial charge in [0.25, 0.3) is 0 Å². The van der Waals surface area contributed by atoms with E-state index in [0.29, 0.717) is 21.9 Å². The number of nitriles is 1. The van der Waals surface area contributed by atoms with Gasteiger partial charge in [-0.05, 0) is 13.8 Å². The van der Waals surface area contributed by atoms with Gasteiger partial charge >= 0.3 is 5.97 Å². The Balaban J connectivity index is 3.05. The lowest BCUT2D eigenvalue weighted by Crippen LogP contribution is -2.05. The van der Waals surface area contributed by atoms with Gasteiger partial charge in [0, 0.05) is 11.5 Å². The summed E-state index contributed by atoms with van der Waals surface area (Å²) in [5.74, 6) is 6.02. The summed E-state index contributed by atoms with van der Waals surface area (Å²) in [6, 6.07) is 3.80. The van der Waals surface area contributed by atoms with Gasteiger partial charge in [-0.3, -0.25) is 0 Å². The van der Waals surface area contributed by atoms with E-state index >= 15 is 0 Å². The van der Waals surface area contributed by atoms with Gasteiger partial charge in [-0.1, -0.05) is 11.8 Å². The number of rotatable bonds is 3. The maximum absolute atomic E-state index is 11.5. The van der Waals surface area contributed by atoms with Crippen molar-refractivity contribution in [2.24, 2.45) is 5.41 Å². The Morgan fingerprint density at radius 1 is 1.47 bits per heavy atom. The quantitative estimate of drug-likeness (QED) is 0.629. The topological polar surface area (TPSA) is 59.3 Å². The van der Waals surface area contributed by atoms with E-state index in [1.807, 2.05) is 13.8 Å². The second kappa shape index (κ2) is 6.26. The van der Waals surface area contributed by atoms with E-state index in [2.05, 4.69) is 22.6 Å². The smallest absolute Gasteiger partial charge is 0.351 e. The highest BCUT2D eigenvalue weighted by Gasteiger charge is 2.18. The Hall–Kier alpha value is -1.98. The number of hydrogen-bond donors (Lipinski definition) is 0. The van der Waals surface area contributed by atoms with Crippen LogP contribution in [0.2, 0.25) is 0 Å². The number of methoxy groups -OCH3 is 2. The summed E-state index contributed by atoms with van der Waals surface area (Å²) >= 11 is 1.22. The maximum Gasteiger partial charge on any atom is 0.351 e. The summed E-state index contributed by atoms with van der Waals surface area (Å²) in [4.78, 5) is 12.6. The van der Waals surface area contributed by atoms with E-state index in [4.69, 9.17) is 10.00 Å². The first-order valence-electron chi connectivity index (χ1n) is 5.60. The lowest BCUT2D eigenvalue weighted by Gasteiger charge is -2.10. The van der Waals surface area contributed by atoms with Crippen LogP contribution in [0.1, 0.15) is 34.8 Å². The molecule has 1 heterocycles. The zero-order valence-corrected chi connectivity index (χ0v) is 12.2. The van der Waals surface area contributed by atoms with Gasteiger partial charge in [-0.15, -0.1) is 11.3 Å². The molecular formula is C14H15NO3S. The normalized spacial score (nSPS) is 10.1. The summed E-state index contributed by atoms with van der Waals surface area (Å²) in [6.45, 7) is 3.80. The molecule has 0 amide bonds. The number of carbonyl (C=O) groups excluding carboxylic acids is 1. The number of carbonyl (C=O) groups is 1. The van der Waals surface area contributed by atoms with E-state index in [9.17, 15) is 4.79 Å². The number of esters is 1. The van der Waals surface area contributed by atoms with Gasteiger partial charge in [0.2, 0.25) is 0 Å². The summed E-state index contributed by atoms with van der Waals surface area (Å²) in [6.07, 6.45) is 0.354. The van der Waals surface area contributed by atoms with E-state index in [1.165, 1.54) is 25.6 Å². The molecule has 0 bridgehead atoms. The van der Waals surface area contributed by atoms with Crippen LogP contribution in [-0.4, -0.2) is 20.2 Å². The highest BCUT2D eigenvalue weighted by atomic mass is 32.1. The Kier molecular flexibility index (Phi) is 4.97. The second-order valence-corrected chi connectivity index (χ2v) is 5.52. The molecule has 4 nitrogen and oxygen atoms in total. The molecule has 5 heteroatoms. The number of nitrogens with zero attached hydrogens (tertiary/aromatic N) is 1. The van der Waals surface area contributed by atoms with Crippen molar-refractivity contribution in [2.45, 2.75) is 20.3 Å². The largest absolute Gasteiger partial charge is 0.495 e. The first-order chi connectivity index (χ1) is 8.93. The fraction of sp³-hybridized carbons (Fsp3) is 0.429. The van der Waals surface area contributed by atoms with Crippen molar-refractivity contribution in [3.63, 3.8) is 0 Å². The average molecular weight is 277 g/mol. The summed E-state index contributed by atoms with van der Waals surface area (Å²) in [5, 5.41) is 8.69. The third-order valence-corrected chi connectivity index (χ3v) is 3.35. The predicted molar refractivity (Wildman–Crippen MR) is 73.1 cm³/mol. The SMILES string of the molecule is COC(=O)c1sc(C#CC(C)(C)CC#N)cc1OC. The van der Waals surface area contributed by atoms with Crippen LogP contribution >= 0.6 is 11.3 Å². The molecule has 0 saturated carbocycles. The van der Waals surface area contributed by atoms with Crippen LogP contribution in [0.5, 0.6) is 5.75 Å². The molecule has 0 atom stereocenters. The van der Waals surface area contributed by atoms with Crippen molar-refractivity contribution in [3.05, 3.63) is 15.8 Å². The van der Waals surface area contributed by atoms with Crippen LogP contribution in [0.3, 0.4) is 0 Å². The molecule has 1 aromatic heterocycles. The van der Waals surface area contributed by atoms with Crippen molar-refractivity contribution in [3.8, 4) is 23.7 Å². The molecular weight excluding hydrogens is 262 g/mol. The summed E-state index contributed by atoms with van der Waals surface area (Å²) in [7, 11) is 2.81. The van der Waals surface area contributed by atoms with Gasteiger partial charge in [-0.2, -0.15) is 5.26 Å². The van der Waals surface area contributed by atoms with Gasteiger partial charge in [-0.25, -0.2) is 4.79 Å². The molecule has 0 fully saturated rings. The molecule has 1 aromatic rings. The van der Waals surface area contributed by atoms with E-state index < -0.39 is 5.97 Å². The fourth-order valence-corrected chi connectivity index (χ4v) is 2.19. The zero-order valence-electron chi connectivity index (χ0n) is 11.4. The van der Waals surface area contributed by atoms with E-state index in [1.54, 1.807) is 6.07 Å². The van der Waals surface area contributed by atoms with Gasteiger partial charge in [0.1, 0.15) is 5.75 Å². The summed E-state index contributed by atoms with van der Waals surface area (Å²) in [5.41, 5.74) is -0.378. The second-order valence-electron chi connectivity index (χ2n) is 4.47. The first kappa shape index (κ1) is 15.1. The predicted octanol–water partition coefficient (Wildman–Crippen LogP) is 2.83. The maximum atomic E-state index is 11.5. The van der Waals surface area contributed by atoms with Crippen molar-refractivity contribution < 1.29 is 14.3 Å². The van der Waals surface area contributed by atoms with Crippen LogP contribution in [0, 0.1) is 28.6 Å². The minimum atomic E-state index is -0.439. The van der Waals surface area contributed by atoms with Crippen molar-refractivity contribution in [2.75, 3.05) is 14.2 Å². The van der Waals surface area contributed by atoms with Crippen LogP contribution in [0.15, 0.2) is 6.07 Å². The molecule has 0 unspecified atom stereocenters. The van der Waals surface area contributed by atoms with Crippen LogP contribution in [-0.2, 0) is 4.74 Å². The van der Waals surface area contributed by atoms with E-state index in [-0.39, 0.29) is 5.41 Å². The minimum absolute atomic E-state index is 0.354. The molecule has 0 aliphatic carbocycles. The molecule has 0 spiro atoms. The summed E-state index contributed by atoms with van der Waals surface area (Å²) < 4.78 is 9.79. The third-order valence-electron chi connectivity index (χ3n) is 2.33. The highest BCUT2D eigenvalue weighted by molar-refractivity contribution is 7.14. The molecule has 1 rings (SSSR count). The highest BCUT2D eigenvalue weighted by Crippen LogP contribution is 2.29.